The van der Waals surface area contributed by atoms with Crippen molar-refractivity contribution in [3.63, 3.8) is 0 Å². The Morgan fingerprint density at radius 1 is 0.846 bits per heavy atom. The van der Waals surface area contributed by atoms with Crippen LogP contribution in [0.3, 0.4) is 0 Å². The number of carbonyl (C=O) groups excluding carboxylic acids is 3. The van der Waals surface area contributed by atoms with Gasteiger partial charge in [0.1, 0.15) is 23.3 Å². The molecule has 0 bridgehead atoms. The minimum Gasteiger partial charge on any atom is -0.453 e. The van der Waals surface area contributed by atoms with Crippen molar-refractivity contribution in [1.29, 1.82) is 0 Å². The molecule has 0 spiro atoms. The van der Waals surface area contributed by atoms with E-state index < -0.39 is 17.7 Å². The third-order valence-corrected chi connectivity index (χ3v) is 10.0. The van der Waals surface area contributed by atoms with Gasteiger partial charge in [0, 0.05) is 18.7 Å². The van der Waals surface area contributed by atoms with Crippen LogP contribution < -0.4 is 5.32 Å². The Kier molecular flexibility index (Phi) is 9.41. The fraction of sp³-hybridized carbons (Fsp3) is 0.425. The van der Waals surface area contributed by atoms with Crippen molar-refractivity contribution in [2.45, 2.75) is 84.0 Å². The van der Waals surface area contributed by atoms with Gasteiger partial charge in [0.25, 0.3) is 0 Å². The molecule has 0 radical (unpaired) electrons. The van der Waals surface area contributed by atoms with Crippen LogP contribution in [0.1, 0.15) is 84.0 Å². The highest BCUT2D eigenvalue weighted by atomic mass is 16.6. The van der Waals surface area contributed by atoms with Gasteiger partial charge >= 0.3 is 12.2 Å². The Morgan fingerprint density at radius 3 is 2.17 bits per heavy atom. The molecule has 0 aliphatic carbocycles. The number of ether oxygens (including phenoxy) is 2. The summed E-state index contributed by atoms with van der Waals surface area (Å²) in [6.45, 7) is 10.7. The zero-order chi connectivity index (χ0) is 36.7. The lowest BCUT2D eigenvalue weighted by Gasteiger charge is -2.30. The maximum absolute atomic E-state index is 13.6. The van der Waals surface area contributed by atoms with Gasteiger partial charge in [-0.15, -0.1) is 0 Å². The number of nitrogens with zero attached hydrogens (tertiary/aromatic N) is 4. The van der Waals surface area contributed by atoms with E-state index in [9.17, 15) is 14.4 Å². The zero-order valence-corrected chi connectivity index (χ0v) is 30.7. The predicted molar refractivity (Wildman–Crippen MR) is 199 cm³/mol. The van der Waals surface area contributed by atoms with Crippen molar-refractivity contribution in [2.24, 2.45) is 5.92 Å². The van der Waals surface area contributed by atoms with Crippen LogP contribution in [0.5, 0.6) is 0 Å². The Bertz CT molecular complexity index is 2130. The Balaban J connectivity index is 1.08. The molecule has 2 aliphatic heterocycles. The summed E-state index contributed by atoms with van der Waals surface area (Å²) in [6, 6.07) is 18.0. The van der Waals surface area contributed by atoms with Crippen molar-refractivity contribution >= 4 is 39.9 Å². The summed E-state index contributed by atoms with van der Waals surface area (Å²) in [4.78, 5) is 58.6. The van der Waals surface area contributed by atoms with Gasteiger partial charge in [-0.2, -0.15) is 0 Å². The minimum atomic E-state index is -0.680. The molecule has 4 heterocycles. The number of carbonyl (C=O) groups is 3. The van der Waals surface area contributed by atoms with E-state index in [-0.39, 0.29) is 30.0 Å². The van der Waals surface area contributed by atoms with Gasteiger partial charge in [-0.25, -0.2) is 19.6 Å². The molecule has 272 valence electrons. The highest BCUT2D eigenvalue weighted by Crippen LogP contribution is 2.36. The van der Waals surface area contributed by atoms with Crippen LogP contribution in [0.4, 0.5) is 9.59 Å². The van der Waals surface area contributed by atoms with Gasteiger partial charge in [-0.05, 0) is 98.5 Å². The first-order valence-electron chi connectivity index (χ1n) is 18.1. The first-order valence-corrected chi connectivity index (χ1v) is 18.1. The molecule has 12 nitrogen and oxygen atoms in total. The van der Waals surface area contributed by atoms with Gasteiger partial charge in [0.05, 0.1) is 42.1 Å². The molecule has 3 N–H and O–H groups in total. The summed E-state index contributed by atoms with van der Waals surface area (Å²) in [5.74, 6) is 1.29. The van der Waals surface area contributed by atoms with Crippen molar-refractivity contribution in [1.82, 2.24) is 35.1 Å². The number of likely N-dealkylation sites (tertiary alicyclic amines) is 2. The number of methoxy groups -OCH3 is 1. The second-order valence-electron chi connectivity index (χ2n) is 15.2. The molecule has 3 aromatic carbocycles. The Morgan fingerprint density at radius 2 is 1.48 bits per heavy atom. The number of rotatable bonds is 7. The number of hydrogen-bond donors (Lipinski definition) is 3. The third kappa shape index (κ3) is 7.06. The molecular formula is C40H47N7O5. The minimum absolute atomic E-state index is 0.0975. The lowest BCUT2D eigenvalue weighted by Crippen LogP contribution is -2.51. The number of amides is 3. The number of fused-ring (bicyclic) bond motifs is 2. The summed E-state index contributed by atoms with van der Waals surface area (Å²) in [5, 5.41) is 4.91. The maximum atomic E-state index is 13.6. The van der Waals surface area contributed by atoms with Crippen LogP contribution >= 0.6 is 0 Å². The highest BCUT2D eigenvalue weighted by Gasteiger charge is 2.38. The molecule has 2 aliphatic rings. The van der Waals surface area contributed by atoms with Crippen molar-refractivity contribution in [3.05, 3.63) is 72.4 Å². The SMILES string of the molecule is COC(=O)N[C@H](C(=O)N1CCCC1c1ncc(-c2ccc3cc(-c4ccc5nc([C@@H]6CCCN6C(=O)OC(C)(C)C)[nH]c5c4)ccc3c2)[nH]1)C(C)C. The number of aromatic nitrogens is 4. The number of aromatic amines is 2. The number of nitrogens with one attached hydrogen (secondary N) is 3. The van der Waals surface area contributed by atoms with Crippen molar-refractivity contribution in [2.75, 3.05) is 20.2 Å². The smallest absolute Gasteiger partial charge is 0.410 e. The lowest BCUT2D eigenvalue weighted by molar-refractivity contribution is -0.135. The molecule has 0 saturated carbocycles. The van der Waals surface area contributed by atoms with Gasteiger partial charge < -0.3 is 29.7 Å². The van der Waals surface area contributed by atoms with Crippen LogP contribution in [0.15, 0.2) is 60.8 Å². The number of hydrogen-bond acceptors (Lipinski definition) is 7. The first kappa shape index (κ1) is 35.0. The summed E-state index contributed by atoms with van der Waals surface area (Å²) >= 11 is 0. The standard InChI is InChI=1S/C40H47N7O5/c1-23(2)34(45-38(49)51-6)37(48)46-17-7-9-32(46)35-41-22-31(44-35)28-14-13-24-19-25(11-12-26(24)20-28)27-15-16-29-30(21-27)43-36(42-29)33-10-8-18-47(33)39(50)52-40(3,4)5/h11-16,19-23,32-34H,7-10,17-18H2,1-6H3,(H,41,44)(H,42,43)(H,45,49)/t32?,33-,34-/m0/s1. The van der Waals surface area contributed by atoms with Gasteiger partial charge in [-0.1, -0.05) is 44.2 Å². The zero-order valence-electron chi connectivity index (χ0n) is 30.7. The molecule has 2 saturated heterocycles. The molecule has 3 atom stereocenters. The van der Waals surface area contributed by atoms with Crippen LogP contribution in [0.2, 0.25) is 0 Å². The van der Waals surface area contributed by atoms with Gasteiger partial charge in [0.2, 0.25) is 5.91 Å². The fourth-order valence-electron chi connectivity index (χ4n) is 7.40. The summed E-state index contributed by atoms with van der Waals surface area (Å²) in [7, 11) is 1.30. The summed E-state index contributed by atoms with van der Waals surface area (Å²) < 4.78 is 10.4. The third-order valence-electron chi connectivity index (χ3n) is 10.0. The molecular weight excluding hydrogens is 658 g/mol. The van der Waals surface area contributed by atoms with Crippen LogP contribution in [0, 0.1) is 5.92 Å². The van der Waals surface area contributed by atoms with E-state index in [2.05, 4.69) is 63.8 Å². The molecule has 52 heavy (non-hydrogen) atoms. The first-order chi connectivity index (χ1) is 24.9. The van der Waals surface area contributed by atoms with Gasteiger partial charge in [0.15, 0.2) is 0 Å². The van der Waals surface area contributed by atoms with Crippen molar-refractivity contribution < 1.29 is 23.9 Å². The monoisotopic (exact) mass is 705 g/mol. The highest BCUT2D eigenvalue weighted by molar-refractivity contribution is 5.92. The van der Waals surface area contributed by atoms with E-state index in [4.69, 9.17) is 19.4 Å². The van der Waals surface area contributed by atoms with Crippen LogP contribution in [0.25, 0.3) is 44.2 Å². The topological polar surface area (TPSA) is 146 Å². The predicted octanol–water partition coefficient (Wildman–Crippen LogP) is 7.89. The number of alkyl carbamates (subject to hydrolysis) is 1. The van der Waals surface area contributed by atoms with E-state index in [1.54, 1.807) is 4.90 Å². The second kappa shape index (κ2) is 14.0. The molecule has 1 unspecified atom stereocenters. The Labute approximate surface area is 303 Å². The summed E-state index contributed by atoms with van der Waals surface area (Å²) in [6.07, 6.45) is 4.30. The average molecular weight is 706 g/mol. The second-order valence-corrected chi connectivity index (χ2v) is 15.2. The van der Waals surface area contributed by atoms with E-state index in [1.165, 1.54) is 7.11 Å². The molecule has 2 aromatic heterocycles. The summed E-state index contributed by atoms with van der Waals surface area (Å²) in [5.41, 5.74) is 5.27. The van der Waals surface area contributed by atoms with E-state index >= 15 is 0 Å². The average Bonchev–Trinajstić information content (AvgIpc) is 3.94. The molecule has 7 rings (SSSR count). The van der Waals surface area contributed by atoms with E-state index in [1.807, 2.05) is 51.8 Å². The van der Waals surface area contributed by atoms with Gasteiger partial charge in [-0.3, -0.25) is 9.69 Å². The molecule has 12 heteroatoms. The molecule has 2 fully saturated rings. The fourth-order valence-corrected chi connectivity index (χ4v) is 7.40. The lowest BCUT2D eigenvalue weighted by atomic mass is 9.99. The van der Waals surface area contributed by atoms with Crippen LogP contribution in [-0.2, 0) is 14.3 Å². The number of imidazole rings is 2. The van der Waals surface area contributed by atoms with Crippen LogP contribution in [-0.4, -0.2) is 79.7 Å². The Hall–Kier alpha value is -5.39. The maximum Gasteiger partial charge on any atom is 0.410 e. The quantitative estimate of drug-likeness (QED) is 0.156. The molecule has 5 aromatic rings. The van der Waals surface area contributed by atoms with E-state index in [0.717, 1.165) is 81.5 Å². The number of benzene rings is 3. The largest absolute Gasteiger partial charge is 0.453 e. The van der Waals surface area contributed by atoms with E-state index in [0.29, 0.717) is 13.1 Å². The normalized spacial score (nSPS) is 18.4. The number of H-pyrrole nitrogens is 2. The van der Waals surface area contributed by atoms with Crippen molar-refractivity contribution in [3.8, 4) is 22.4 Å². The molecule has 3 amide bonds.